The molecule has 0 saturated carbocycles. The average Bonchev–Trinajstić information content (AvgIpc) is 2.95. The van der Waals surface area contributed by atoms with Gasteiger partial charge in [0.25, 0.3) is 0 Å². The molecule has 4 rings (SSSR count). The number of nitrogens with zero attached hydrogens (tertiary/aromatic N) is 1. The van der Waals surface area contributed by atoms with Gasteiger partial charge in [0.05, 0.1) is 11.1 Å². The molecule has 2 aromatic carbocycles. The number of carbonyl (C=O) groups is 1. The third kappa shape index (κ3) is 4.16. The summed E-state index contributed by atoms with van der Waals surface area (Å²) < 4.78 is 5.95. The number of piperidine rings is 1. The SMILES string of the molecule is C[C@@H]1C[C@H](C)CN(Cc2c(O)ccc3c2O/C(=C\c2ccc(Cl)cc2Cl)C3=O)C1. The topological polar surface area (TPSA) is 49.8 Å². The van der Waals surface area contributed by atoms with Crippen LogP contribution in [0.3, 0.4) is 0 Å². The van der Waals surface area contributed by atoms with Gasteiger partial charge in [-0.15, -0.1) is 0 Å². The summed E-state index contributed by atoms with van der Waals surface area (Å²) in [6.45, 7) is 6.96. The molecule has 0 spiro atoms. The zero-order valence-electron chi connectivity index (χ0n) is 16.4. The van der Waals surface area contributed by atoms with Crippen LogP contribution in [0.2, 0.25) is 10.0 Å². The van der Waals surface area contributed by atoms with Gasteiger partial charge in [-0.25, -0.2) is 0 Å². The summed E-state index contributed by atoms with van der Waals surface area (Å²) in [5.41, 5.74) is 1.77. The lowest BCUT2D eigenvalue weighted by Crippen LogP contribution is -2.38. The summed E-state index contributed by atoms with van der Waals surface area (Å²) in [4.78, 5) is 15.2. The molecule has 4 nitrogen and oxygen atoms in total. The number of Topliss-reactive ketones (excluding diaryl/α,β-unsaturated/α-hetero) is 1. The van der Waals surface area contributed by atoms with Crippen molar-refractivity contribution < 1.29 is 14.6 Å². The summed E-state index contributed by atoms with van der Waals surface area (Å²) in [6.07, 6.45) is 2.83. The molecule has 2 aliphatic heterocycles. The number of phenolic OH excluding ortho intramolecular Hbond substituents is 1. The Hall–Kier alpha value is -2.01. The van der Waals surface area contributed by atoms with Crippen LogP contribution in [0.25, 0.3) is 6.08 Å². The van der Waals surface area contributed by atoms with Gasteiger partial charge in [0.1, 0.15) is 11.5 Å². The molecule has 152 valence electrons. The lowest BCUT2D eigenvalue weighted by Gasteiger charge is -2.35. The summed E-state index contributed by atoms with van der Waals surface area (Å²) >= 11 is 12.2. The molecule has 29 heavy (non-hydrogen) atoms. The molecule has 0 bridgehead atoms. The number of allylic oxidation sites excluding steroid dienone is 1. The number of ether oxygens (including phenoxy) is 1. The van der Waals surface area contributed by atoms with E-state index in [1.54, 1.807) is 36.4 Å². The maximum atomic E-state index is 12.9. The first kappa shape index (κ1) is 20.3. The van der Waals surface area contributed by atoms with E-state index in [1.807, 2.05) is 0 Å². The lowest BCUT2D eigenvalue weighted by molar-refractivity contribution is 0.101. The van der Waals surface area contributed by atoms with Gasteiger partial charge in [0.2, 0.25) is 5.78 Å². The van der Waals surface area contributed by atoms with Crippen molar-refractivity contribution in [2.45, 2.75) is 26.8 Å². The lowest BCUT2D eigenvalue weighted by atomic mass is 9.91. The normalized spacial score (nSPS) is 23.3. The Balaban J connectivity index is 1.65. The molecule has 1 fully saturated rings. The fourth-order valence-electron chi connectivity index (χ4n) is 4.35. The minimum Gasteiger partial charge on any atom is -0.507 e. The Bertz CT molecular complexity index is 992. The van der Waals surface area contributed by atoms with Gasteiger partial charge >= 0.3 is 0 Å². The van der Waals surface area contributed by atoms with Gasteiger partial charge in [-0.3, -0.25) is 9.69 Å². The second kappa shape index (κ2) is 8.02. The number of rotatable bonds is 3. The number of likely N-dealkylation sites (tertiary alicyclic amines) is 1. The number of fused-ring (bicyclic) bond motifs is 1. The number of ketones is 1. The van der Waals surface area contributed by atoms with Crippen LogP contribution in [-0.2, 0) is 6.54 Å². The van der Waals surface area contributed by atoms with Crippen molar-refractivity contribution in [2.75, 3.05) is 13.1 Å². The molecular formula is C23H23Cl2NO3. The van der Waals surface area contributed by atoms with Crippen molar-refractivity contribution >= 4 is 35.1 Å². The standard InChI is InChI=1S/C23H23Cl2NO3/c1-13-7-14(2)11-26(10-13)12-18-20(27)6-5-17-22(28)21(29-23(17)18)8-15-3-4-16(24)9-19(15)25/h3-6,8-9,13-14,27H,7,10-12H2,1-2H3/b21-8-/t13-,14+. The van der Waals surface area contributed by atoms with Crippen molar-refractivity contribution in [3.63, 3.8) is 0 Å². The van der Waals surface area contributed by atoms with E-state index in [-0.39, 0.29) is 17.3 Å². The predicted octanol–water partition coefficient (Wildman–Crippen LogP) is 5.79. The number of hydrogen-bond donors (Lipinski definition) is 1. The molecule has 0 radical (unpaired) electrons. The highest BCUT2D eigenvalue weighted by Gasteiger charge is 2.32. The number of aromatic hydroxyl groups is 1. The maximum absolute atomic E-state index is 12.9. The third-order valence-corrected chi connectivity index (χ3v) is 6.05. The number of carbonyl (C=O) groups excluding carboxylic acids is 1. The van der Waals surface area contributed by atoms with Crippen molar-refractivity contribution in [3.05, 3.63) is 62.8 Å². The van der Waals surface area contributed by atoms with Crippen LogP contribution in [-0.4, -0.2) is 28.9 Å². The first-order chi connectivity index (χ1) is 13.8. The highest BCUT2D eigenvalue weighted by molar-refractivity contribution is 6.35. The van der Waals surface area contributed by atoms with Crippen LogP contribution in [0.4, 0.5) is 0 Å². The van der Waals surface area contributed by atoms with E-state index >= 15 is 0 Å². The minimum atomic E-state index is -0.215. The van der Waals surface area contributed by atoms with E-state index in [0.29, 0.717) is 50.9 Å². The average molecular weight is 432 g/mol. The van der Waals surface area contributed by atoms with Crippen LogP contribution >= 0.6 is 23.2 Å². The second-order valence-electron chi connectivity index (χ2n) is 8.19. The molecule has 0 amide bonds. The predicted molar refractivity (Wildman–Crippen MR) is 116 cm³/mol. The van der Waals surface area contributed by atoms with Gasteiger partial charge < -0.3 is 9.84 Å². The Morgan fingerprint density at radius 2 is 1.90 bits per heavy atom. The van der Waals surface area contributed by atoms with Gasteiger partial charge in [-0.1, -0.05) is 43.1 Å². The fraction of sp³-hybridized carbons (Fsp3) is 0.348. The van der Waals surface area contributed by atoms with Crippen LogP contribution in [0, 0.1) is 11.8 Å². The minimum absolute atomic E-state index is 0.146. The molecule has 6 heteroatoms. The molecular weight excluding hydrogens is 409 g/mol. The van der Waals surface area contributed by atoms with Crippen molar-refractivity contribution in [3.8, 4) is 11.5 Å². The molecule has 2 aliphatic rings. The third-order valence-electron chi connectivity index (χ3n) is 5.49. The summed E-state index contributed by atoms with van der Waals surface area (Å²) in [5.74, 6) is 1.76. The van der Waals surface area contributed by atoms with Crippen LogP contribution in [0.1, 0.15) is 41.8 Å². The van der Waals surface area contributed by atoms with E-state index in [9.17, 15) is 9.90 Å². The molecule has 0 aromatic heterocycles. The maximum Gasteiger partial charge on any atom is 0.231 e. The van der Waals surface area contributed by atoms with E-state index in [0.717, 1.165) is 13.1 Å². The molecule has 1 N–H and O–H groups in total. The Labute approximate surface area is 180 Å². The first-order valence-corrected chi connectivity index (χ1v) is 10.5. The molecule has 1 saturated heterocycles. The number of phenols is 1. The summed E-state index contributed by atoms with van der Waals surface area (Å²) in [5, 5.41) is 11.5. The Morgan fingerprint density at radius 1 is 1.17 bits per heavy atom. The highest BCUT2D eigenvalue weighted by atomic mass is 35.5. The van der Waals surface area contributed by atoms with Crippen LogP contribution < -0.4 is 4.74 Å². The van der Waals surface area contributed by atoms with Crippen molar-refractivity contribution in [1.29, 1.82) is 0 Å². The van der Waals surface area contributed by atoms with Crippen molar-refractivity contribution in [2.24, 2.45) is 11.8 Å². The Kier molecular flexibility index (Phi) is 5.60. The smallest absolute Gasteiger partial charge is 0.231 e. The van der Waals surface area contributed by atoms with E-state index in [2.05, 4.69) is 18.7 Å². The molecule has 2 heterocycles. The summed E-state index contributed by atoms with van der Waals surface area (Å²) in [7, 11) is 0. The summed E-state index contributed by atoms with van der Waals surface area (Å²) in [6, 6.07) is 8.26. The number of hydrogen-bond acceptors (Lipinski definition) is 4. The zero-order chi connectivity index (χ0) is 20.7. The van der Waals surface area contributed by atoms with Gasteiger partial charge in [0.15, 0.2) is 5.76 Å². The van der Waals surface area contributed by atoms with E-state index < -0.39 is 0 Å². The number of halogens is 2. The monoisotopic (exact) mass is 431 g/mol. The molecule has 2 atom stereocenters. The van der Waals surface area contributed by atoms with E-state index in [1.165, 1.54) is 6.42 Å². The van der Waals surface area contributed by atoms with Gasteiger partial charge in [-0.05, 0) is 54.2 Å². The van der Waals surface area contributed by atoms with Crippen LogP contribution in [0.5, 0.6) is 11.5 Å². The molecule has 0 aliphatic carbocycles. The highest BCUT2D eigenvalue weighted by Crippen LogP contribution is 2.41. The second-order valence-corrected chi connectivity index (χ2v) is 9.03. The van der Waals surface area contributed by atoms with Crippen molar-refractivity contribution in [1.82, 2.24) is 4.90 Å². The van der Waals surface area contributed by atoms with Crippen LogP contribution in [0.15, 0.2) is 36.1 Å². The first-order valence-electron chi connectivity index (χ1n) is 9.78. The Morgan fingerprint density at radius 3 is 2.59 bits per heavy atom. The largest absolute Gasteiger partial charge is 0.507 e. The molecule has 0 unspecified atom stereocenters. The van der Waals surface area contributed by atoms with Gasteiger partial charge in [-0.2, -0.15) is 0 Å². The fourth-order valence-corrected chi connectivity index (χ4v) is 4.82. The number of benzene rings is 2. The zero-order valence-corrected chi connectivity index (χ0v) is 17.9. The molecule has 2 aromatic rings. The quantitative estimate of drug-likeness (QED) is 0.624. The van der Waals surface area contributed by atoms with E-state index in [4.69, 9.17) is 27.9 Å². The van der Waals surface area contributed by atoms with Gasteiger partial charge in [0, 0.05) is 29.7 Å².